The summed E-state index contributed by atoms with van der Waals surface area (Å²) >= 11 is 1.83. The van der Waals surface area contributed by atoms with Crippen molar-refractivity contribution in [1.29, 1.82) is 0 Å². The monoisotopic (exact) mass is 522 g/mol. The number of hydrogen-bond acceptors (Lipinski definition) is 6. The highest BCUT2D eigenvalue weighted by molar-refractivity contribution is 7.99. The summed E-state index contributed by atoms with van der Waals surface area (Å²) in [5, 5.41) is 10.7. The Bertz CT molecular complexity index is 1170. The lowest BCUT2D eigenvalue weighted by molar-refractivity contribution is -0.139. The van der Waals surface area contributed by atoms with Crippen molar-refractivity contribution in [3.8, 4) is 11.5 Å². The minimum Gasteiger partial charge on any atom is -0.497 e. The average molecular weight is 523 g/mol. The summed E-state index contributed by atoms with van der Waals surface area (Å²) in [6.07, 6.45) is 7.35. The van der Waals surface area contributed by atoms with Gasteiger partial charge in [-0.1, -0.05) is 12.1 Å². The fraction of sp³-hybridized carbons (Fsp3) is 0.467. The van der Waals surface area contributed by atoms with Crippen LogP contribution in [0.2, 0.25) is 0 Å². The van der Waals surface area contributed by atoms with E-state index in [0.717, 1.165) is 79.9 Å². The molecule has 0 spiro atoms. The first-order valence-electron chi connectivity index (χ1n) is 13.2. The van der Waals surface area contributed by atoms with Gasteiger partial charge in [0.05, 0.1) is 19.7 Å². The van der Waals surface area contributed by atoms with E-state index in [2.05, 4.69) is 28.1 Å². The van der Waals surface area contributed by atoms with Crippen molar-refractivity contribution in [2.75, 3.05) is 39.6 Å². The second-order valence-corrected chi connectivity index (χ2v) is 10.9. The number of pyridine rings is 1. The molecule has 0 saturated carbocycles. The zero-order chi connectivity index (χ0) is 26.0. The molecule has 0 amide bonds. The first kappa shape index (κ1) is 27.3. The zero-order valence-electron chi connectivity index (χ0n) is 21.9. The number of methoxy groups -OCH3 is 2. The van der Waals surface area contributed by atoms with Crippen molar-refractivity contribution in [3.63, 3.8) is 0 Å². The number of rotatable bonds is 13. The Balaban J connectivity index is 1.27. The number of hydrogen-bond donors (Lipinski definition) is 1. The molecule has 1 fully saturated rings. The Hall–Kier alpha value is -2.77. The molecule has 4 rings (SSSR count). The summed E-state index contributed by atoms with van der Waals surface area (Å²) in [7, 11) is 3.40. The van der Waals surface area contributed by atoms with Crippen molar-refractivity contribution >= 4 is 28.6 Å². The molecule has 2 atom stereocenters. The van der Waals surface area contributed by atoms with Crippen LogP contribution in [0, 0.1) is 11.8 Å². The molecule has 1 aliphatic rings. The topological polar surface area (TPSA) is 71.9 Å². The van der Waals surface area contributed by atoms with Crippen molar-refractivity contribution in [3.05, 3.63) is 60.3 Å². The molecule has 1 N–H and O–H groups in total. The van der Waals surface area contributed by atoms with Crippen LogP contribution in [0.3, 0.4) is 0 Å². The standard InChI is InChI=1S/C30H38N2O4S/c1-35-25-11-12-27-26(20-25)23(13-15-31-27)8-5-7-22-14-17-32(21-24(22)19-30(33)34)16-6-18-37-29-10-4-3-9-28(29)36-2/h3-4,9-13,15,20,22,24H,5-8,14,16-19,21H2,1-2H3,(H,33,34)/t22-,24+/m1/s1. The van der Waals surface area contributed by atoms with Gasteiger partial charge in [-0.05, 0) is 105 Å². The number of carbonyl (C=O) groups is 1. The van der Waals surface area contributed by atoms with E-state index in [1.165, 1.54) is 10.5 Å². The fourth-order valence-corrected chi connectivity index (χ4v) is 6.45. The van der Waals surface area contributed by atoms with E-state index in [1.54, 1.807) is 14.2 Å². The van der Waals surface area contributed by atoms with Gasteiger partial charge < -0.3 is 19.5 Å². The summed E-state index contributed by atoms with van der Waals surface area (Å²) in [4.78, 5) is 19.8. The maximum Gasteiger partial charge on any atom is 0.303 e. The van der Waals surface area contributed by atoms with Gasteiger partial charge in [0.15, 0.2) is 0 Å². The molecule has 2 heterocycles. The third-order valence-corrected chi connectivity index (χ3v) is 8.56. The third kappa shape index (κ3) is 7.62. The summed E-state index contributed by atoms with van der Waals surface area (Å²) in [5.74, 6) is 2.77. The molecule has 198 valence electrons. The predicted molar refractivity (Wildman–Crippen MR) is 150 cm³/mol. The molecule has 0 unspecified atom stereocenters. The molecule has 1 aliphatic heterocycles. The van der Waals surface area contributed by atoms with Gasteiger partial charge in [0.1, 0.15) is 11.5 Å². The van der Waals surface area contributed by atoms with Crippen LogP contribution in [-0.4, -0.2) is 60.6 Å². The van der Waals surface area contributed by atoms with E-state index in [0.29, 0.717) is 5.92 Å². The smallest absolute Gasteiger partial charge is 0.303 e. The van der Waals surface area contributed by atoms with Crippen LogP contribution in [0.15, 0.2) is 59.6 Å². The number of likely N-dealkylation sites (tertiary alicyclic amines) is 1. The number of ether oxygens (including phenoxy) is 2. The molecule has 6 nitrogen and oxygen atoms in total. The summed E-state index contributed by atoms with van der Waals surface area (Å²) in [5.41, 5.74) is 2.27. The molecule has 37 heavy (non-hydrogen) atoms. The van der Waals surface area contributed by atoms with Gasteiger partial charge in [-0.2, -0.15) is 0 Å². The molecule has 2 aromatic carbocycles. The van der Waals surface area contributed by atoms with E-state index in [1.807, 2.05) is 48.3 Å². The largest absolute Gasteiger partial charge is 0.497 e. The van der Waals surface area contributed by atoms with Crippen molar-refractivity contribution in [2.45, 2.75) is 43.4 Å². The number of thioether (sulfide) groups is 1. The van der Waals surface area contributed by atoms with Crippen LogP contribution < -0.4 is 9.47 Å². The first-order chi connectivity index (χ1) is 18.1. The Labute approximate surface area is 224 Å². The van der Waals surface area contributed by atoms with Crippen molar-refractivity contribution in [1.82, 2.24) is 9.88 Å². The van der Waals surface area contributed by atoms with E-state index < -0.39 is 5.97 Å². The number of carboxylic acids is 1. The fourth-order valence-electron chi connectivity index (χ4n) is 5.48. The molecule has 0 bridgehead atoms. The van der Waals surface area contributed by atoms with Gasteiger partial charge >= 0.3 is 5.97 Å². The first-order valence-corrected chi connectivity index (χ1v) is 14.2. The number of benzene rings is 2. The quantitative estimate of drug-likeness (QED) is 0.213. The van der Waals surface area contributed by atoms with E-state index in [-0.39, 0.29) is 12.3 Å². The van der Waals surface area contributed by atoms with E-state index in [9.17, 15) is 9.90 Å². The van der Waals surface area contributed by atoms with Crippen molar-refractivity contribution in [2.24, 2.45) is 11.8 Å². The number of fused-ring (bicyclic) bond motifs is 1. The highest BCUT2D eigenvalue weighted by Gasteiger charge is 2.30. The van der Waals surface area contributed by atoms with Crippen LogP contribution in [0.4, 0.5) is 0 Å². The highest BCUT2D eigenvalue weighted by atomic mass is 32.2. The van der Waals surface area contributed by atoms with Gasteiger partial charge in [-0.3, -0.25) is 9.78 Å². The number of aliphatic carboxylic acids is 1. The summed E-state index contributed by atoms with van der Waals surface area (Å²) in [6, 6.07) is 16.2. The molecule has 0 radical (unpaired) electrons. The Morgan fingerprint density at radius 3 is 2.78 bits per heavy atom. The van der Waals surface area contributed by atoms with E-state index >= 15 is 0 Å². The molecular weight excluding hydrogens is 484 g/mol. The van der Waals surface area contributed by atoms with Gasteiger partial charge in [0.25, 0.3) is 0 Å². The Kier molecular flexibility index (Phi) is 10.1. The van der Waals surface area contributed by atoms with Crippen molar-refractivity contribution < 1.29 is 19.4 Å². The minimum absolute atomic E-state index is 0.211. The molecule has 7 heteroatoms. The second-order valence-electron chi connectivity index (χ2n) is 9.81. The highest BCUT2D eigenvalue weighted by Crippen LogP contribution is 2.33. The van der Waals surface area contributed by atoms with Crippen LogP contribution >= 0.6 is 11.8 Å². The van der Waals surface area contributed by atoms with Crippen LogP contribution in [-0.2, 0) is 11.2 Å². The summed E-state index contributed by atoms with van der Waals surface area (Å²) < 4.78 is 10.9. The van der Waals surface area contributed by atoms with Gasteiger partial charge in [0, 0.05) is 29.4 Å². The number of carboxylic acid groups (broad SMARTS) is 1. The maximum atomic E-state index is 11.6. The van der Waals surface area contributed by atoms with E-state index in [4.69, 9.17) is 9.47 Å². The SMILES string of the molecule is COc1ccc2nccc(CCC[C@@H]3CCN(CCCSc4ccccc4OC)C[C@@H]3CC(=O)O)c2c1. The minimum atomic E-state index is -0.684. The van der Waals surface area contributed by atoms with Crippen LogP contribution in [0.5, 0.6) is 11.5 Å². The predicted octanol–water partition coefficient (Wildman–Crippen LogP) is 6.17. The normalized spacial score (nSPS) is 18.1. The van der Waals surface area contributed by atoms with Crippen LogP contribution in [0.1, 0.15) is 37.7 Å². The Morgan fingerprint density at radius 2 is 1.97 bits per heavy atom. The Morgan fingerprint density at radius 1 is 1.11 bits per heavy atom. The number of aryl methyl sites for hydroxylation is 1. The number of piperidine rings is 1. The number of para-hydroxylation sites is 1. The number of nitrogens with zero attached hydrogens (tertiary/aromatic N) is 2. The molecule has 1 saturated heterocycles. The second kappa shape index (κ2) is 13.7. The van der Waals surface area contributed by atoms with Gasteiger partial charge in [-0.25, -0.2) is 0 Å². The molecule has 1 aromatic heterocycles. The lowest BCUT2D eigenvalue weighted by Crippen LogP contribution is -2.41. The summed E-state index contributed by atoms with van der Waals surface area (Å²) in [6.45, 7) is 2.94. The molecule has 0 aliphatic carbocycles. The average Bonchev–Trinajstić information content (AvgIpc) is 2.92. The third-order valence-electron chi connectivity index (χ3n) is 7.42. The maximum absolute atomic E-state index is 11.6. The molecule has 3 aromatic rings. The zero-order valence-corrected chi connectivity index (χ0v) is 22.7. The lowest BCUT2D eigenvalue weighted by atomic mass is 9.80. The number of aromatic nitrogens is 1. The van der Waals surface area contributed by atoms with Gasteiger partial charge in [-0.15, -0.1) is 11.8 Å². The van der Waals surface area contributed by atoms with Gasteiger partial charge in [0.2, 0.25) is 0 Å². The lowest BCUT2D eigenvalue weighted by Gasteiger charge is -2.38. The van der Waals surface area contributed by atoms with Crippen LogP contribution in [0.25, 0.3) is 10.9 Å². The molecular formula is C30H38N2O4S.